The number of nitrogens with zero attached hydrogens (tertiary/aromatic N) is 4. The van der Waals surface area contributed by atoms with E-state index < -0.39 is 0 Å². The zero-order valence-electron chi connectivity index (χ0n) is 13.1. The van der Waals surface area contributed by atoms with Gasteiger partial charge >= 0.3 is 0 Å². The number of hydrogen-bond donors (Lipinski definition) is 1. The normalized spacial score (nSPS) is 15.6. The Morgan fingerprint density at radius 3 is 2.62 bits per heavy atom. The van der Waals surface area contributed by atoms with Crippen molar-refractivity contribution in [1.82, 2.24) is 20.3 Å². The van der Waals surface area contributed by atoms with Gasteiger partial charge in [-0.15, -0.1) is 0 Å². The second-order valence-electron chi connectivity index (χ2n) is 5.81. The van der Waals surface area contributed by atoms with Crippen molar-refractivity contribution >= 4 is 32.6 Å². The molecule has 0 atom stereocenters. The predicted octanol–water partition coefficient (Wildman–Crippen LogP) is 2.49. The van der Waals surface area contributed by atoms with E-state index in [1.807, 2.05) is 6.07 Å². The fraction of sp³-hybridized carbons (Fsp3) is 0.294. The first-order valence-corrected chi connectivity index (χ1v) is 8.77. The average molecular weight is 339 g/mol. The van der Waals surface area contributed by atoms with Crippen LogP contribution < -0.4 is 10.2 Å². The van der Waals surface area contributed by atoms with E-state index in [2.05, 4.69) is 25.2 Å². The van der Waals surface area contributed by atoms with Crippen LogP contribution in [0, 0.1) is 0 Å². The number of anilines is 1. The van der Waals surface area contributed by atoms with E-state index in [1.165, 1.54) is 0 Å². The van der Waals surface area contributed by atoms with Crippen molar-refractivity contribution in [3.05, 3.63) is 48.5 Å². The van der Waals surface area contributed by atoms with Crippen LogP contribution in [0.15, 0.2) is 43.0 Å². The van der Waals surface area contributed by atoms with Gasteiger partial charge in [0.1, 0.15) is 5.52 Å². The van der Waals surface area contributed by atoms with Gasteiger partial charge in [-0.1, -0.05) is 11.3 Å². The Morgan fingerprint density at radius 2 is 1.88 bits per heavy atom. The van der Waals surface area contributed by atoms with E-state index in [-0.39, 0.29) is 11.9 Å². The Hall–Kier alpha value is -2.54. The molecule has 0 bridgehead atoms. The number of fused-ring (bicyclic) bond motifs is 1. The van der Waals surface area contributed by atoms with Gasteiger partial charge in [-0.25, -0.2) is 4.98 Å². The van der Waals surface area contributed by atoms with Crippen LogP contribution in [0.2, 0.25) is 0 Å². The minimum atomic E-state index is -0.0260. The highest BCUT2D eigenvalue weighted by Gasteiger charge is 2.23. The third-order valence-electron chi connectivity index (χ3n) is 4.22. The van der Waals surface area contributed by atoms with E-state index in [4.69, 9.17) is 0 Å². The van der Waals surface area contributed by atoms with Crippen molar-refractivity contribution in [2.24, 2.45) is 0 Å². The zero-order valence-corrected chi connectivity index (χ0v) is 13.9. The van der Waals surface area contributed by atoms with Gasteiger partial charge in [-0.2, -0.15) is 0 Å². The van der Waals surface area contributed by atoms with Crippen LogP contribution in [0.4, 0.5) is 5.13 Å². The summed E-state index contributed by atoms with van der Waals surface area (Å²) >= 11 is 1.70. The molecule has 0 unspecified atom stereocenters. The van der Waals surface area contributed by atoms with Crippen molar-refractivity contribution in [1.29, 1.82) is 0 Å². The summed E-state index contributed by atoms with van der Waals surface area (Å²) < 4.78 is 1.16. The Balaban J connectivity index is 1.37. The number of rotatable bonds is 3. The summed E-state index contributed by atoms with van der Waals surface area (Å²) in [5.74, 6) is -0.0260. The molecule has 24 heavy (non-hydrogen) atoms. The minimum Gasteiger partial charge on any atom is -0.349 e. The number of amides is 1. The smallest absolute Gasteiger partial charge is 0.251 e. The molecule has 7 heteroatoms. The van der Waals surface area contributed by atoms with Gasteiger partial charge in [0.2, 0.25) is 0 Å². The number of carbonyl (C=O) groups excluding carboxylic acids is 1. The highest BCUT2D eigenvalue weighted by Crippen LogP contribution is 2.29. The van der Waals surface area contributed by atoms with Gasteiger partial charge in [0.15, 0.2) is 5.13 Å². The molecular weight excluding hydrogens is 322 g/mol. The molecule has 6 nitrogen and oxygen atoms in total. The maximum absolute atomic E-state index is 12.2. The summed E-state index contributed by atoms with van der Waals surface area (Å²) in [6, 6.07) is 5.68. The number of thiazole rings is 1. The molecule has 0 radical (unpaired) electrons. The summed E-state index contributed by atoms with van der Waals surface area (Å²) in [4.78, 5) is 27.2. The van der Waals surface area contributed by atoms with Gasteiger partial charge in [0.05, 0.1) is 10.9 Å². The lowest BCUT2D eigenvalue weighted by atomic mass is 10.0. The van der Waals surface area contributed by atoms with E-state index in [0.717, 1.165) is 41.3 Å². The van der Waals surface area contributed by atoms with Crippen molar-refractivity contribution in [3.63, 3.8) is 0 Å². The first-order chi connectivity index (χ1) is 11.8. The lowest BCUT2D eigenvalue weighted by Crippen LogP contribution is -2.44. The fourth-order valence-electron chi connectivity index (χ4n) is 2.89. The molecule has 4 heterocycles. The van der Waals surface area contributed by atoms with Crippen LogP contribution in [-0.2, 0) is 0 Å². The van der Waals surface area contributed by atoms with Gasteiger partial charge in [-0.05, 0) is 31.0 Å². The van der Waals surface area contributed by atoms with Gasteiger partial charge < -0.3 is 10.2 Å². The summed E-state index contributed by atoms with van der Waals surface area (Å²) in [5, 5.41) is 4.15. The monoisotopic (exact) mass is 339 g/mol. The zero-order chi connectivity index (χ0) is 16.4. The van der Waals surface area contributed by atoms with Crippen LogP contribution in [0.25, 0.3) is 10.2 Å². The maximum Gasteiger partial charge on any atom is 0.251 e. The van der Waals surface area contributed by atoms with E-state index in [1.54, 1.807) is 48.3 Å². The SMILES string of the molecule is O=C(NC1CCN(c2nc3cnccc3s2)CC1)c1ccncc1. The first-order valence-electron chi connectivity index (χ1n) is 7.96. The Labute approximate surface area is 143 Å². The van der Waals surface area contributed by atoms with Gasteiger partial charge in [-0.3, -0.25) is 14.8 Å². The van der Waals surface area contributed by atoms with Crippen LogP contribution in [0.1, 0.15) is 23.2 Å². The van der Waals surface area contributed by atoms with Crippen LogP contribution >= 0.6 is 11.3 Å². The molecule has 1 aliphatic rings. The molecule has 0 saturated carbocycles. The summed E-state index contributed by atoms with van der Waals surface area (Å²) in [6.07, 6.45) is 8.72. The van der Waals surface area contributed by atoms with E-state index in [9.17, 15) is 4.79 Å². The molecule has 3 aromatic rings. The van der Waals surface area contributed by atoms with Crippen LogP contribution in [0.5, 0.6) is 0 Å². The average Bonchev–Trinajstić information content (AvgIpc) is 3.07. The van der Waals surface area contributed by atoms with Gasteiger partial charge in [0.25, 0.3) is 5.91 Å². The standard InChI is InChI=1S/C17H17N5OS/c23-16(12-1-6-18-7-2-12)20-13-4-9-22(10-5-13)17-21-14-11-19-8-3-15(14)24-17/h1-3,6-8,11,13H,4-5,9-10H2,(H,20,23). The third-order valence-corrected chi connectivity index (χ3v) is 5.32. The van der Waals surface area contributed by atoms with Crippen molar-refractivity contribution in [2.45, 2.75) is 18.9 Å². The molecule has 122 valence electrons. The van der Waals surface area contributed by atoms with Crippen LogP contribution in [0.3, 0.4) is 0 Å². The predicted molar refractivity (Wildman–Crippen MR) is 94.4 cm³/mol. The molecule has 0 aromatic carbocycles. The summed E-state index contributed by atoms with van der Waals surface area (Å²) in [7, 11) is 0. The molecular formula is C17H17N5OS. The highest BCUT2D eigenvalue weighted by molar-refractivity contribution is 7.22. The number of pyridine rings is 2. The Morgan fingerprint density at radius 1 is 1.12 bits per heavy atom. The van der Waals surface area contributed by atoms with Crippen molar-refractivity contribution < 1.29 is 4.79 Å². The molecule has 1 N–H and O–H groups in total. The molecule has 4 rings (SSSR count). The van der Waals surface area contributed by atoms with E-state index in [0.29, 0.717) is 5.56 Å². The van der Waals surface area contributed by atoms with Crippen molar-refractivity contribution in [2.75, 3.05) is 18.0 Å². The highest BCUT2D eigenvalue weighted by atomic mass is 32.1. The number of carbonyl (C=O) groups is 1. The quantitative estimate of drug-likeness (QED) is 0.794. The molecule has 3 aromatic heterocycles. The second kappa shape index (κ2) is 6.52. The minimum absolute atomic E-state index is 0.0260. The lowest BCUT2D eigenvalue weighted by molar-refractivity contribution is 0.0931. The topological polar surface area (TPSA) is 71.0 Å². The lowest BCUT2D eigenvalue weighted by Gasteiger charge is -2.32. The van der Waals surface area contributed by atoms with E-state index >= 15 is 0 Å². The summed E-state index contributed by atoms with van der Waals surface area (Å²) in [5.41, 5.74) is 1.61. The molecule has 0 aliphatic carbocycles. The number of hydrogen-bond acceptors (Lipinski definition) is 6. The molecule has 1 fully saturated rings. The van der Waals surface area contributed by atoms with Gasteiger partial charge in [0, 0.05) is 43.3 Å². The Kier molecular flexibility index (Phi) is 4.08. The third kappa shape index (κ3) is 3.07. The largest absolute Gasteiger partial charge is 0.349 e. The number of nitrogens with one attached hydrogen (secondary N) is 1. The molecule has 1 amide bonds. The summed E-state index contributed by atoms with van der Waals surface area (Å²) in [6.45, 7) is 1.79. The first kappa shape index (κ1) is 15.0. The Bertz CT molecular complexity index is 809. The fourth-order valence-corrected chi connectivity index (χ4v) is 3.87. The molecule has 0 spiro atoms. The maximum atomic E-state index is 12.2. The number of piperidine rings is 1. The van der Waals surface area contributed by atoms with Crippen molar-refractivity contribution in [3.8, 4) is 0 Å². The molecule has 1 saturated heterocycles. The molecule has 1 aliphatic heterocycles. The second-order valence-corrected chi connectivity index (χ2v) is 6.82. The number of aromatic nitrogens is 3. The van der Waals surface area contributed by atoms with Crippen LogP contribution in [-0.4, -0.2) is 40.0 Å².